The zero-order valence-corrected chi connectivity index (χ0v) is 11.3. The number of hydrogen-bond donors (Lipinski definition) is 4. The molecule has 0 aliphatic heterocycles. The molecule has 7 heteroatoms. The molecule has 2 aromatic rings. The molecule has 0 saturated carbocycles. The number of aromatic nitrogens is 2. The van der Waals surface area contributed by atoms with E-state index < -0.39 is 17.8 Å². The Morgan fingerprint density at radius 2 is 2.10 bits per heavy atom. The summed E-state index contributed by atoms with van der Waals surface area (Å²) in [5.41, 5.74) is 1.14. The highest BCUT2D eigenvalue weighted by atomic mass is 16.4. The molecule has 7 nitrogen and oxygen atoms in total. The molecule has 0 bridgehead atoms. The number of carbonyl (C=O) groups is 2. The lowest BCUT2D eigenvalue weighted by Gasteiger charge is -2.06. The summed E-state index contributed by atoms with van der Waals surface area (Å²) in [6.07, 6.45) is 0. The number of carbonyl (C=O) groups excluding carboxylic acids is 1. The predicted molar refractivity (Wildman–Crippen MR) is 74.8 cm³/mol. The molecule has 0 unspecified atom stereocenters. The van der Waals surface area contributed by atoms with Crippen molar-refractivity contribution in [3.63, 3.8) is 0 Å². The van der Waals surface area contributed by atoms with E-state index in [4.69, 9.17) is 5.11 Å². The highest BCUT2D eigenvalue weighted by Gasteiger charge is 2.16. The number of aromatic hydroxyl groups is 1. The van der Waals surface area contributed by atoms with Gasteiger partial charge in [-0.15, -0.1) is 0 Å². The Hall–Kier alpha value is -2.83. The van der Waals surface area contributed by atoms with E-state index in [-0.39, 0.29) is 18.0 Å². The number of aromatic amines is 1. The Bertz CT molecular complexity index is 666. The van der Waals surface area contributed by atoms with Crippen molar-refractivity contribution in [1.82, 2.24) is 15.5 Å². The molecule has 1 amide bonds. The van der Waals surface area contributed by atoms with Crippen LogP contribution in [0.4, 0.5) is 0 Å². The Morgan fingerprint density at radius 3 is 2.76 bits per heavy atom. The van der Waals surface area contributed by atoms with Gasteiger partial charge in [0, 0.05) is 12.1 Å². The van der Waals surface area contributed by atoms with Crippen molar-refractivity contribution < 1.29 is 19.8 Å². The topological polar surface area (TPSA) is 115 Å². The summed E-state index contributed by atoms with van der Waals surface area (Å²) in [5, 5.41) is 27.5. The second-order valence-electron chi connectivity index (χ2n) is 4.63. The van der Waals surface area contributed by atoms with E-state index in [1.807, 2.05) is 0 Å². The summed E-state index contributed by atoms with van der Waals surface area (Å²) < 4.78 is 0. The van der Waals surface area contributed by atoms with E-state index >= 15 is 0 Å². The molecule has 0 radical (unpaired) electrons. The number of para-hydroxylation sites is 1. The van der Waals surface area contributed by atoms with Gasteiger partial charge < -0.3 is 15.5 Å². The number of nitrogens with one attached hydrogen (secondary N) is 2. The van der Waals surface area contributed by atoms with Gasteiger partial charge in [-0.25, -0.2) is 0 Å². The number of aliphatic carboxylic acids is 1. The fourth-order valence-corrected chi connectivity index (χ4v) is 1.69. The van der Waals surface area contributed by atoms with Crippen LogP contribution < -0.4 is 5.32 Å². The van der Waals surface area contributed by atoms with Crippen LogP contribution in [0, 0.1) is 5.92 Å². The lowest BCUT2D eigenvalue weighted by atomic mass is 10.1. The van der Waals surface area contributed by atoms with Crippen LogP contribution in [0.25, 0.3) is 11.3 Å². The number of H-pyrrole nitrogens is 1. The molecule has 2 rings (SSSR count). The second kappa shape index (κ2) is 6.08. The third-order valence-corrected chi connectivity index (χ3v) is 2.99. The Balaban J connectivity index is 2.08. The van der Waals surface area contributed by atoms with Crippen LogP contribution >= 0.6 is 0 Å². The van der Waals surface area contributed by atoms with Gasteiger partial charge in [0.25, 0.3) is 5.91 Å². The first-order valence-corrected chi connectivity index (χ1v) is 6.34. The highest BCUT2D eigenvalue weighted by molar-refractivity contribution is 5.93. The molecule has 0 spiro atoms. The molecule has 0 fully saturated rings. The fourth-order valence-electron chi connectivity index (χ4n) is 1.69. The van der Waals surface area contributed by atoms with Crippen molar-refractivity contribution in [1.29, 1.82) is 0 Å². The standard InChI is InChI=1S/C14H15N3O4/c1-8(14(20)21)7-15-13(19)11-6-10(16-17-11)9-4-2-3-5-12(9)18/h2-6,8,18H,7H2,1H3,(H,15,19)(H,16,17)(H,20,21)/t8-/m1/s1. The third kappa shape index (κ3) is 3.38. The minimum atomic E-state index is -0.977. The average Bonchev–Trinajstić information content (AvgIpc) is 2.94. The molecule has 1 heterocycles. The molecule has 1 aromatic carbocycles. The molecule has 0 aliphatic rings. The predicted octanol–water partition coefficient (Wildman–Crippen LogP) is 1.23. The van der Waals surface area contributed by atoms with E-state index in [0.29, 0.717) is 11.3 Å². The first-order chi connectivity index (χ1) is 9.99. The molecular weight excluding hydrogens is 274 g/mol. The number of carboxylic acids is 1. The van der Waals surface area contributed by atoms with Gasteiger partial charge in [0.05, 0.1) is 11.6 Å². The molecular formula is C14H15N3O4. The summed E-state index contributed by atoms with van der Waals surface area (Å²) in [7, 11) is 0. The molecule has 1 atom stereocenters. The van der Waals surface area contributed by atoms with Crippen LogP contribution in [0.15, 0.2) is 30.3 Å². The van der Waals surface area contributed by atoms with Crippen LogP contribution in [0.2, 0.25) is 0 Å². The zero-order chi connectivity index (χ0) is 15.4. The second-order valence-corrected chi connectivity index (χ2v) is 4.63. The monoisotopic (exact) mass is 289 g/mol. The number of rotatable bonds is 5. The average molecular weight is 289 g/mol. The quantitative estimate of drug-likeness (QED) is 0.661. The van der Waals surface area contributed by atoms with Gasteiger partial charge >= 0.3 is 5.97 Å². The van der Waals surface area contributed by atoms with E-state index in [1.165, 1.54) is 19.1 Å². The minimum Gasteiger partial charge on any atom is -0.507 e. The first kappa shape index (κ1) is 14.6. The van der Waals surface area contributed by atoms with Crippen molar-refractivity contribution in [2.45, 2.75) is 6.92 Å². The van der Waals surface area contributed by atoms with Crippen molar-refractivity contribution >= 4 is 11.9 Å². The van der Waals surface area contributed by atoms with Gasteiger partial charge in [0.1, 0.15) is 11.4 Å². The largest absolute Gasteiger partial charge is 0.507 e. The number of carboxylic acid groups (broad SMARTS) is 1. The zero-order valence-electron chi connectivity index (χ0n) is 11.3. The van der Waals surface area contributed by atoms with Crippen molar-refractivity contribution in [3.05, 3.63) is 36.0 Å². The van der Waals surface area contributed by atoms with Crippen LogP contribution in [-0.2, 0) is 4.79 Å². The van der Waals surface area contributed by atoms with Gasteiger partial charge in [0.2, 0.25) is 0 Å². The van der Waals surface area contributed by atoms with Gasteiger partial charge in [0.15, 0.2) is 0 Å². The smallest absolute Gasteiger partial charge is 0.308 e. The molecule has 110 valence electrons. The van der Waals surface area contributed by atoms with Gasteiger partial charge in [-0.2, -0.15) is 5.10 Å². The molecule has 1 aromatic heterocycles. The Labute approximate surface area is 120 Å². The van der Waals surface area contributed by atoms with Crippen molar-refractivity contribution in [3.8, 4) is 17.0 Å². The summed E-state index contributed by atoms with van der Waals surface area (Å²) in [6, 6.07) is 8.14. The van der Waals surface area contributed by atoms with Crippen molar-refractivity contribution in [2.24, 2.45) is 5.92 Å². The van der Waals surface area contributed by atoms with E-state index in [2.05, 4.69) is 15.5 Å². The lowest BCUT2D eigenvalue weighted by molar-refractivity contribution is -0.140. The minimum absolute atomic E-state index is 0.0269. The number of benzene rings is 1. The van der Waals surface area contributed by atoms with Crippen molar-refractivity contribution in [2.75, 3.05) is 6.54 Å². The fraction of sp³-hybridized carbons (Fsp3) is 0.214. The van der Waals surface area contributed by atoms with Crippen LogP contribution in [0.5, 0.6) is 5.75 Å². The SMILES string of the molecule is C[C@H](CNC(=O)c1cc(-c2ccccc2O)n[nH]1)C(=O)O. The number of amides is 1. The summed E-state index contributed by atoms with van der Waals surface area (Å²) in [6.45, 7) is 1.53. The maximum atomic E-state index is 11.9. The van der Waals surface area contributed by atoms with Crippen LogP contribution in [0.3, 0.4) is 0 Å². The van der Waals surface area contributed by atoms with Gasteiger partial charge in [-0.05, 0) is 18.2 Å². The molecule has 0 aliphatic carbocycles. The molecule has 21 heavy (non-hydrogen) atoms. The maximum Gasteiger partial charge on any atom is 0.308 e. The number of hydrogen-bond acceptors (Lipinski definition) is 4. The van der Waals surface area contributed by atoms with Gasteiger partial charge in [-0.1, -0.05) is 19.1 Å². The highest BCUT2D eigenvalue weighted by Crippen LogP contribution is 2.27. The summed E-state index contributed by atoms with van der Waals surface area (Å²) >= 11 is 0. The maximum absolute atomic E-state index is 11.9. The Morgan fingerprint density at radius 1 is 1.38 bits per heavy atom. The Kier molecular flexibility index (Phi) is 4.22. The molecule has 0 saturated heterocycles. The first-order valence-electron chi connectivity index (χ1n) is 6.34. The summed E-state index contributed by atoms with van der Waals surface area (Å²) in [4.78, 5) is 22.5. The van der Waals surface area contributed by atoms with Gasteiger partial charge in [-0.3, -0.25) is 14.7 Å². The lowest BCUT2D eigenvalue weighted by Crippen LogP contribution is -2.31. The molecule has 4 N–H and O–H groups in total. The third-order valence-electron chi connectivity index (χ3n) is 2.99. The number of phenolic OH excluding ortho intramolecular Hbond substituents is 1. The van der Waals surface area contributed by atoms with Crippen LogP contribution in [-0.4, -0.2) is 38.8 Å². The summed E-state index contributed by atoms with van der Waals surface area (Å²) in [5.74, 6) is -2.03. The van der Waals surface area contributed by atoms with E-state index in [9.17, 15) is 14.7 Å². The normalized spacial score (nSPS) is 11.9. The van der Waals surface area contributed by atoms with E-state index in [0.717, 1.165) is 0 Å². The van der Waals surface area contributed by atoms with Crippen LogP contribution in [0.1, 0.15) is 17.4 Å². The van der Waals surface area contributed by atoms with E-state index in [1.54, 1.807) is 18.2 Å². The number of nitrogens with zero attached hydrogens (tertiary/aromatic N) is 1. The number of phenols is 1.